The first-order chi connectivity index (χ1) is 9.58. The highest BCUT2D eigenvalue weighted by Crippen LogP contribution is 1.96. The highest BCUT2D eigenvalue weighted by molar-refractivity contribution is 6.02. The van der Waals surface area contributed by atoms with Gasteiger partial charge in [0.25, 0.3) is 0 Å². The highest BCUT2D eigenvalue weighted by Gasteiger charge is 2.16. The molecule has 4 amide bonds. The summed E-state index contributed by atoms with van der Waals surface area (Å²) in [5.41, 5.74) is 0. The molecule has 106 valence electrons. The highest BCUT2D eigenvalue weighted by atomic mass is 16.2. The summed E-state index contributed by atoms with van der Waals surface area (Å²) in [6.07, 6.45) is 4.65. The second-order valence-electron chi connectivity index (χ2n) is 3.75. The van der Waals surface area contributed by atoms with E-state index in [0.29, 0.717) is 25.7 Å². The van der Waals surface area contributed by atoms with Crippen molar-refractivity contribution in [1.82, 2.24) is 26.0 Å². The quantitative estimate of drug-likeness (QED) is 0.565. The Hall–Kier alpha value is -2.71. The smallest absolute Gasteiger partial charge is 0.227 e. The maximum Gasteiger partial charge on any atom is 0.227 e. The maximum absolute atomic E-state index is 10.1. The molecule has 0 spiro atoms. The van der Waals surface area contributed by atoms with Crippen molar-refractivity contribution in [1.29, 1.82) is 0 Å². The number of carbonyl (C=O) groups is 4. The Kier molecular flexibility index (Phi) is 6.45. The van der Waals surface area contributed by atoms with Crippen molar-refractivity contribution in [3.8, 4) is 0 Å². The van der Waals surface area contributed by atoms with Gasteiger partial charge in [-0.3, -0.25) is 29.8 Å². The van der Waals surface area contributed by atoms with Crippen LogP contribution in [0.5, 0.6) is 0 Å². The Morgan fingerprint density at radius 1 is 0.700 bits per heavy atom. The molecule has 20 heavy (non-hydrogen) atoms. The fourth-order valence-electron chi connectivity index (χ4n) is 1.22. The van der Waals surface area contributed by atoms with Crippen molar-refractivity contribution >= 4 is 23.6 Å². The molecule has 3 heterocycles. The molecule has 2 saturated heterocycles. The van der Waals surface area contributed by atoms with Gasteiger partial charge >= 0.3 is 0 Å². The van der Waals surface area contributed by atoms with Crippen LogP contribution in [0.15, 0.2) is 18.5 Å². The molecule has 0 bridgehead atoms. The van der Waals surface area contributed by atoms with Crippen molar-refractivity contribution < 1.29 is 19.2 Å². The second-order valence-corrected chi connectivity index (χ2v) is 3.75. The fourth-order valence-corrected chi connectivity index (χ4v) is 1.22. The van der Waals surface area contributed by atoms with Crippen LogP contribution in [0.4, 0.5) is 0 Å². The third kappa shape index (κ3) is 6.89. The van der Waals surface area contributed by atoms with Crippen LogP contribution < -0.4 is 10.6 Å². The number of carbonyl (C=O) groups excluding carboxylic acids is 4. The van der Waals surface area contributed by atoms with Crippen LogP contribution >= 0.6 is 0 Å². The molecule has 1 aromatic rings. The van der Waals surface area contributed by atoms with Gasteiger partial charge in [-0.15, -0.1) is 10.2 Å². The van der Waals surface area contributed by atoms with E-state index in [0.717, 1.165) is 0 Å². The maximum atomic E-state index is 10.1. The number of aromatic nitrogens is 3. The number of nitrogens with one attached hydrogen (secondary N) is 2. The van der Waals surface area contributed by atoms with Gasteiger partial charge in [-0.1, -0.05) is 0 Å². The number of hydrogen-bond acceptors (Lipinski definition) is 7. The lowest BCUT2D eigenvalue weighted by Crippen LogP contribution is -2.18. The van der Waals surface area contributed by atoms with E-state index in [9.17, 15) is 19.2 Å². The Balaban J connectivity index is 0.000000151. The van der Waals surface area contributed by atoms with Gasteiger partial charge in [-0.05, 0) is 11.3 Å². The Morgan fingerprint density at radius 2 is 1.05 bits per heavy atom. The molecule has 3 rings (SSSR count). The zero-order valence-corrected chi connectivity index (χ0v) is 10.5. The summed E-state index contributed by atoms with van der Waals surface area (Å²) in [6.45, 7) is 0. The normalized spacial score (nSPS) is 16.4. The second kappa shape index (κ2) is 8.40. The molecule has 2 aliphatic rings. The van der Waals surface area contributed by atoms with E-state index in [2.05, 4.69) is 26.0 Å². The molecule has 2 aliphatic heterocycles. The van der Waals surface area contributed by atoms with Crippen molar-refractivity contribution in [3.63, 3.8) is 0 Å². The molecule has 2 N–H and O–H groups in total. The summed E-state index contributed by atoms with van der Waals surface area (Å²) in [5, 5.41) is 14.4. The minimum Gasteiger partial charge on any atom is -0.296 e. The van der Waals surface area contributed by atoms with Crippen molar-refractivity contribution in [3.05, 3.63) is 18.5 Å². The number of imide groups is 2. The Labute approximate surface area is 114 Å². The first kappa shape index (κ1) is 15.3. The van der Waals surface area contributed by atoms with Crippen LogP contribution in [0.2, 0.25) is 0 Å². The van der Waals surface area contributed by atoms with E-state index in [1.165, 1.54) is 0 Å². The summed E-state index contributed by atoms with van der Waals surface area (Å²) < 4.78 is 0. The van der Waals surface area contributed by atoms with Crippen molar-refractivity contribution in [2.24, 2.45) is 0 Å². The molecule has 2 fully saturated rings. The molecular formula is C11H13N5O4. The third-order valence-electron chi connectivity index (χ3n) is 2.12. The van der Waals surface area contributed by atoms with Gasteiger partial charge in [0, 0.05) is 25.7 Å². The van der Waals surface area contributed by atoms with Crippen LogP contribution in [-0.2, 0) is 19.2 Å². The number of amides is 4. The van der Waals surface area contributed by atoms with Gasteiger partial charge in [0.15, 0.2) is 0 Å². The van der Waals surface area contributed by atoms with E-state index < -0.39 is 0 Å². The zero-order chi connectivity index (χ0) is 14.8. The average Bonchev–Trinajstić information content (AvgIpc) is 3.01. The number of rotatable bonds is 0. The summed E-state index contributed by atoms with van der Waals surface area (Å²) >= 11 is 0. The molecule has 9 nitrogen and oxygen atoms in total. The summed E-state index contributed by atoms with van der Waals surface area (Å²) in [6, 6.07) is 1.72. The van der Waals surface area contributed by atoms with Crippen molar-refractivity contribution in [2.75, 3.05) is 0 Å². The van der Waals surface area contributed by atoms with E-state index in [1.54, 1.807) is 18.5 Å². The molecule has 0 saturated carbocycles. The summed E-state index contributed by atoms with van der Waals surface area (Å²) in [4.78, 5) is 40.5. The van der Waals surface area contributed by atoms with Gasteiger partial charge in [-0.2, -0.15) is 0 Å². The SMILES string of the molecule is O=C1CCC(=O)N1.O=C1CCC(=O)N1.c1cnnnc1. The summed E-state index contributed by atoms with van der Waals surface area (Å²) in [7, 11) is 0. The molecule has 0 aromatic carbocycles. The van der Waals surface area contributed by atoms with Gasteiger partial charge in [0.2, 0.25) is 23.6 Å². The molecule has 9 heteroatoms. The van der Waals surface area contributed by atoms with Crippen LogP contribution in [0, 0.1) is 0 Å². The summed E-state index contributed by atoms with van der Waals surface area (Å²) in [5.74, 6) is -0.593. The van der Waals surface area contributed by atoms with E-state index in [1.807, 2.05) is 0 Å². The first-order valence-corrected chi connectivity index (χ1v) is 5.81. The fraction of sp³-hybridized carbons (Fsp3) is 0.364. The van der Waals surface area contributed by atoms with E-state index >= 15 is 0 Å². The first-order valence-electron chi connectivity index (χ1n) is 5.81. The average molecular weight is 279 g/mol. The molecule has 0 atom stereocenters. The van der Waals surface area contributed by atoms with Crippen LogP contribution in [-0.4, -0.2) is 39.0 Å². The minimum atomic E-state index is -0.148. The van der Waals surface area contributed by atoms with Gasteiger partial charge in [0.05, 0.1) is 12.4 Å². The third-order valence-corrected chi connectivity index (χ3v) is 2.12. The van der Waals surface area contributed by atoms with Gasteiger partial charge < -0.3 is 0 Å². The Bertz CT molecular complexity index is 406. The topological polar surface area (TPSA) is 131 Å². The predicted octanol–water partition coefficient (Wildman–Crippen LogP) is -1.28. The molecule has 1 aromatic heterocycles. The molecular weight excluding hydrogens is 266 g/mol. The molecule has 0 unspecified atom stereocenters. The number of nitrogens with zero attached hydrogens (tertiary/aromatic N) is 3. The largest absolute Gasteiger partial charge is 0.296 e. The van der Waals surface area contributed by atoms with E-state index in [-0.39, 0.29) is 23.6 Å². The minimum absolute atomic E-state index is 0.148. The lowest BCUT2D eigenvalue weighted by Gasteiger charge is -1.79. The number of hydrogen-bond donors (Lipinski definition) is 2. The zero-order valence-electron chi connectivity index (χ0n) is 10.5. The lowest BCUT2D eigenvalue weighted by atomic mass is 10.4. The van der Waals surface area contributed by atoms with Crippen molar-refractivity contribution in [2.45, 2.75) is 25.7 Å². The molecule has 0 aliphatic carbocycles. The van der Waals surface area contributed by atoms with Crippen LogP contribution in [0.25, 0.3) is 0 Å². The van der Waals surface area contributed by atoms with Crippen LogP contribution in [0.1, 0.15) is 25.7 Å². The van der Waals surface area contributed by atoms with Crippen LogP contribution in [0.3, 0.4) is 0 Å². The van der Waals surface area contributed by atoms with Gasteiger partial charge in [-0.25, -0.2) is 0 Å². The monoisotopic (exact) mass is 279 g/mol. The Morgan fingerprint density at radius 3 is 1.15 bits per heavy atom. The molecule has 0 radical (unpaired) electrons. The predicted molar refractivity (Wildman–Crippen MR) is 64.6 cm³/mol. The lowest BCUT2D eigenvalue weighted by molar-refractivity contribution is -0.126. The van der Waals surface area contributed by atoms with Gasteiger partial charge in [0.1, 0.15) is 0 Å². The van der Waals surface area contributed by atoms with E-state index in [4.69, 9.17) is 0 Å². The standard InChI is InChI=1S/2C4H5NO2.C3H3N3/c2*6-3-1-2-4(7)5-3;1-2-4-6-5-3-1/h2*1-2H2,(H,5,6,7);1-3H.